The van der Waals surface area contributed by atoms with E-state index in [1.165, 1.54) is 108 Å². The molecule has 0 radical (unpaired) electrons. The number of hydrogen-bond acceptors (Lipinski definition) is 4. The van der Waals surface area contributed by atoms with Crippen molar-refractivity contribution in [2.45, 2.75) is 76.0 Å². The minimum Gasteiger partial charge on any atom is -0.309 e. The fraction of sp³-hybridized carbons (Fsp3) is 0.222. The van der Waals surface area contributed by atoms with Crippen LogP contribution in [0.5, 0.6) is 0 Å². The number of nitriles is 2. The Morgan fingerprint density at radius 3 is 1.14 bits per heavy atom. The van der Waals surface area contributed by atoms with Gasteiger partial charge in [-0.25, -0.2) is 0 Å². The lowest BCUT2D eigenvalue weighted by atomic mass is 9.77. The zero-order valence-corrected chi connectivity index (χ0v) is 32.9. The summed E-state index contributed by atoms with van der Waals surface area (Å²) in [4.78, 5) is 4.66. The zero-order chi connectivity index (χ0) is 39.0. The fourth-order valence-corrected chi connectivity index (χ4v) is 10.4. The summed E-state index contributed by atoms with van der Waals surface area (Å²) < 4.78 is 0. The molecule has 0 aromatic heterocycles. The zero-order valence-electron chi connectivity index (χ0n) is 32.9. The van der Waals surface area contributed by atoms with Gasteiger partial charge in [0.05, 0.1) is 33.9 Å². The maximum atomic E-state index is 10.5. The highest BCUT2D eigenvalue weighted by molar-refractivity contribution is 6.29. The standard InChI is InChI=1S/C54H46N4/c55-35-39-21-13-15-27-49(39)57(41-23-9-3-10-24-41)51-33-47(37-17-5-1-6-18-37)43-29-31-46-52(58(42-25-11-4-12-26-42)50-28-16-14-22-40(50)36-56)34-48(38-19-7-2-8-20-38)44-30-32-45(51)53(43)54(44)46/h3-4,9-16,21-34,37-38H,1-2,5-8,17-20H2. The quantitative estimate of drug-likeness (QED) is 0.145. The van der Waals surface area contributed by atoms with Gasteiger partial charge in [-0.05, 0) is 131 Å². The Balaban J connectivity index is 1.36. The van der Waals surface area contributed by atoms with E-state index in [1.807, 2.05) is 36.4 Å². The van der Waals surface area contributed by atoms with Crippen molar-refractivity contribution in [1.29, 1.82) is 10.5 Å². The molecule has 2 fully saturated rings. The lowest BCUT2D eigenvalue weighted by Crippen LogP contribution is -2.15. The van der Waals surface area contributed by atoms with Gasteiger partial charge in [0.15, 0.2) is 0 Å². The van der Waals surface area contributed by atoms with Gasteiger partial charge in [-0.1, -0.05) is 123 Å². The predicted octanol–water partition coefficient (Wildman–Crippen LogP) is 15.4. The average molecular weight is 751 g/mol. The predicted molar refractivity (Wildman–Crippen MR) is 241 cm³/mol. The van der Waals surface area contributed by atoms with E-state index in [0.717, 1.165) is 34.1 Å². The van der Waals surface area contributed by atoms with Crippen LogP contribution in [0.3, 0.4) is 0 Å². The first-order valence-electron chi connectivity index (χ1n) is 21.2. The van der Waals surface area contributed by atoms with Gasteiger partial charge in [-0.15, -0.1) is 0 Å². The summed E-state index contributed by atoms with van der Waals surface area (Å²) in [7, 11) is 0. The van der Waals surface area contributed by atoms with Gasteiger partial charge in [-0.3, -0.25) is 0 Å². The SMILES string of the molecule is N#Cc1ccccc1N(c1ccccc1)c1cc(C2CCCCC2)c2ccc3c(N(c4ccccc4)c4ccccc4C#N)cc(C4CCCCC4)c4ccc1c2c43. The molecule has 0 atom stereocenters. The highest BCUT2D eigenvalue weighted by atomic mass is 15.2. The Bertz CT molecular complexity index is 2640. The summed E-state index contributed by atoms with van der Waals surface area (Å²) in [5.74, 6) is 0.892. The van der Waals surface area contributed by atoms with Crippen molar-refractivity contribution in [2.24, 2.45) is 0 Å². The van der Waals surface area contributed by atoms with Gasteiger partial charge >= 0.3 is 0 Å². The van der Waals surface area contributed by atoms with Crippen LogP contribution in [0.4, 0.5) is 34.1 Å². The summed E-state index contributed by atoms with van der Waals surface area (Å²) in [6.07, 6.45) is 12.2. The van der Waals surface area contributed by atoms with Crippen molar-refractivity contribution in [1.82, 2.24) is 0 Å². The fourth-order valence-electron chi connectivity index (χ4n) is 10.4. The molecule has 10 rings (SSSR count). The Kier molecular flexibility index (Phi) is 9.48. The van der Waals surface area contributed by atoms with E-state index in [0.29, 0.717) is 23.0 Å². The topological polar surface area (TPSA) is 54.1 Å². The molecule has 8 aromatic carbocycles. The maximum Gasteiger partial charge on any atom is 0.101 e. The van der Waals surface area contributed by atoms with E-state index >= 15 is 0 Å². The molecule has 0 unspecified atom stereocenters. The van der Waals surface area contributed by atoms with Crippen molar-refractivity contribution in [3.8, 4) is 12.1 Å². The van der Waals surface area contributed by atoms with Crippen molar-refractivity contribution in [3.05, 3.63) is 168 Å². The molecule has 4 nitrogen and oxygen atoms in total. The summed E-state index contributed by atoms with van der Waals surface area (Å²) in [6.45, 7) is 0. The Labute approximate surface area is 341 Å². The van der Waals surface area contributed by atoms with E-state index in [-0.39, 0.29) is 0 Å². The van der Waals surface area contributed by atoms with Gasteiger partial charge in [0, 0.05) is 22.1 Å². The largest absolute Gasteiger partial charge is 0.309 e. The summed E-state index contributed by atoms with van der Waals surface area (Å²) in [6, 6.07) is 56.8. The van der Waals surface area contributed by atoms with Crippen LogP contribution in [0.1, 0.15) is 98.3 Å². The first-order valence-corrected chi connectivity index (χ1v) is 21.2. The average Bonchev–Trinajstić information content (AvgIpc) is 3.30. The maximum absolute atomic E-state index is 10.5. The monoisotopic (exact) mass is 750 g/mol. The number of para-hydroxylation sites is 4. The van der Waals surface area contributed by atoms with Crippen LogP contribution in [0.25, 0.3) is 32.3 Å². The highest BCUT2D eigenvalue weighted by Crippen LogP contribution is 2.53. The molecule has 282 valence electrons. The van der Waals surface area contributed by atoms with Gasteiger partial charge in [-0.2, -0.15) is 10.5 Å². The molecule has 0 heterocycles. The second-order valence-corrected chi connectivity index (χ2v) is 16.3. The molecule has 0 saturated heterocycles. The molecule has 58 heavy (non-hydrogen) atoms. The van der Waals surface area contributed by atoms with Crippen LogP contribution in [0, 0.1) is 22.7 Å². The number of benzene rings is 8. The lowest BCUT2D eigenvalue weighted by Gasteiger charge is -2.33. The molecule has 0 N–H and O–H groups in total. The van der Waals surface area contributed by atoms with E-state index in [4.69, 9.17) is 0 Å². The lowest BCUT2D eigenvalue weighted by molar-refractivity contribution is 0.445. The Morgan fingerprint density at radius 1 is 0.379 bits per heavy atom. The third-order valence-corrected chi connectivity index (χ3v) is 13.1. The first-order chi connectivity index (χ1) is 28.7. The van der Waals surface area contributed by atoms with Crippen LogP contribution in [0.2, 0.25) is 0 Å². The second kappa shape index (κ2) is 15.4. The third kappa shape index (κ3) is 6.12. The van der Waals surface area contributed by atoms with Crippen LogP contribution in [0.15, 0.2) is 146 Å². The molecule has 0 amide bonds. The van der Waals surface area contributed by atoms with Crippen LogP contribution in [-0.2, 0) is 0 Å². The first kappa shape index (κ1) is 35.8. The van der Waals surface area contributed by atoms with E-state index in [9.17, 15) is 10.5 Å². The smallest absolute Gasteiger partial charge is 0.101 e. The van der Waals surface area contributed by atoms with Crippen LogP contribution in [-0.4, -0.2) is 0 Å². The van der Waals surface area contributed by atoms with Gasteiger partial charge in [0.25, 0.3) is 0 Å². The summed E-state index contributed by atoms with van der Waals surface area (Å²) >= 11 is 0. The number of anilines is 6. The molecule has 0 aliphatic heterocycles. The van der Waals surface area contributed by atoms with Crippen molar-refractivity contribution in [3.63, 3.8) is 0 Å². The van der Waals surface area contributed by atoms with Crippen LogP contribution < -0.4 is 9.80 Å². The van der Waals surface area contributed by atoms with Crippen molar-refractivity contribution < 1.29 is 0 Å². The molecular weight excluding hydrogens is 705 g/mol. The molecule has 2 aliphatic carbocycles. The summed E-state index contributed by atoms with van der Waals surface area (Å²) in [5.41, 5.74) is 10.1. The van der Waals surface area contributed by atoms with E-state index < -0.39 is 0 Å². The van der Waals surface area contributed by atoms with E-state index in [1.54, 1.807) is 0 Å². The third-order valence-electron chi connectivity index (χ3n) is 13.1. The van der Waals surface area contributed by atoms with Gasteiger partial charge in [0.2, 0.25) is 0 Å². The van der Waals surface area contributed by atoms with Crippen molar-refractivity contribution in [2.75, 3.05) is 9.80 Å². The molecule has 2 saturated carbocycles. The molecule has 0 bridgehead atoms. The molecular formula is C54H46N4. The number of hydrogen-bond donors (Lipinski definition) is 0. The molecule has 2 aliphatic rings. The molecule has 0 spiro atoms. The van der Waals surface area contributed by atoms with Gasteiger partial charge < -0.3 is 9.80 Å². The Morgan fingerprint density at radius 2 is 0.741 bits per heavy atom. The highest BCUT2D eigenvalue weighted by Gasteiger charge is 2.30. The second-order valence-electron chi connectivity index (χ2n) is 16.3. The van der Waals surface area contributed by atoms with E-state index in [2.05, 4.69) is 131 Å². The molecule has 8 aromatic rings. The Hall–Kier alpha value is -6.62. The number of nitrogens with zero attached hydrogens (tertiary/aromatic N) is 4. The minimum atomic E-state index is 0.446. The molecule has 4 heteroatoms. The minimum absolute atomic E-state index is 0.446. The van der Waals surface area contributed by atoms with Crippen LogP contribution >= 0.6 is 0 Å². The normalized spacial score (nSPS) is 15.1. The number of rotatable bonds is 8. The summed E-state index contributed by atoms with van der Waals surface area (Å²) in [5, 5.41) is 28.7. The van der Waals surface area contributed by atoms with Gasteiger partial charge in [0.1, 0.15) is 12.1 Å². The van der Waals surface area contributed by atoms with Crippen molar-refractivity contribution >= 4 is 66.4 Å².